The van der Waals surface area contributed by atoms with Gasteiger partial charge in [-0.1, -0.05) is 12.8 Å². The molecule has 1 heterocycles. The van der Waals surface area contributed by atoms with Crippen molar-refractivity contribution in [3.8, 4) is 0 Å². The molecule has 0 bridgehead atoms. The third-order valence-electron chi connectivity index (χ3n) is 5.26. The Morgan fingerprint density at radius 1 is 1.08 bits per heavy atom. The molecule has 0 unspecified atom stereocenters. The monoisotopic (exact) mass is 333 g/mol. The van der Waals surface area contributed by atoms with Crippen LogP contribution in [0.4, 0.5) is 10.1 Å². The second-order valence-corrected chi connectivity index (χ2v) is 7.01. The Balaban J connectivity index is 1.32. The molecule has 24 heavy (non-hydrogen) atoms. The fourth-order valence-corrected chi connectivity index (χ4v) is 3.78. The normalized spacial score (nSPS) is 19.6. The van der Waals surface area contributed by atoms with Crippen LogP contribution in [0.1, 0.15) is 32.1 Å². The second-order valence-electron chi connectivity index (χ2n) is 7.01. The van der Waals surface area contributed by atoms with Gasteiger partial charge in [-0.3, -0.25) is 9.69 Å². The summed E-state index contributed by atoms with van der Waals surface area (Å²) in [5.41, 5.74) is 1.08. The van der Waals surface area contributed by atoms with Crippen LogP contribution < -0.4 is 10.2 Å². The summed E-state index contributed by atoms with van der Waals surface area (Å²) in [5, 5.41) is 3.07. The highest BCUT2D eigenvalue weighted by atomic mass is 19.1. The number of nitrogens with zero attached hydrogens (tertiary/aromatic N) is 2. The number of anilines is 1. The van der Waals surface area contributed by atoms with E-state index in [1.165, 1.54) is 37.8 Å². The van der Waals surface area contributed by atoms with Crippen molar-refractivity contribution in [2.75, 3.05) is 44.2 Å². The minimum atomic E-state index is -0.189. The third kappa shape index (κ3) is 4.94. The molecule has 1 aliphatic heterocycles. The van der Waals surface area contributed by atoms with E-state index in [9.17, 15) is 9.18 Å². The number of hydrogen-bond donors (Lipinski definition) is 1. The Labute approximate surface area is 144 Å². The number of hydrogen-bond acceptors (Lipinski definition) is 3. The smallest absolute Gasteiger partial charge is 0.220 e. The Kier molecular flexibility index (Phi) is 6.07. The lowest BCUT2D eigenvalue weighted by Crippen LogP contribution is -2.48. The van der Waals surface area contributed by atoms with Gasteiger partial charge >= 0.3 is 0 Å². The maximum Gasteiger partial charge on any atom is 0.220 e. The Hall–Kier alpha value is -1.62. The highest BCUT2D eigenvalue weighted by Crippen LogP contribution is 2.27. The van der Waals surface area contributed by atoms with Crippen LogP contribution in [0.5, 0.6) is 0 Å². The molecule has 0 radical (unpaired) electrons. The number of nitrogens with one attached hydrogen (secondary N) is 1. The number of carbonyl (C=O) groups excluding carboxylic acids is 1. The Morgan fingerprint density at radius 2 is 1.75 bits per heavy atom. The molecule has 1 saturated heterocycles. The minimum absolute atomic E-state index is 0.189. The summed E-state index contributed by atoms with van der Waals surface area (Å²) in [6, 6.07) is 6.71. The van der Waals surface area contributed by atoms with Crippen LogP contribution in [0, 0.1) is 11.7 Å². The third-order valence-corrected chi connectivity index (χ3v) is 5.26. The second kappa shape index (κ2) is 8.47. The molecule has 1 aromatic carbocycles. The number of rotatable bonds is 6. The number of amides is 1. The van der Waals surface area contributed by atoms with E-state index in [2.05, 4.69) is 15.1 Å². The molecule has 132 valence electrons. The van der Waals surface area contributed by atoms with Crippen molar-refractivity contribution in [2.24, 2.45) is 5.92 Å². The Morgan fingerprint density at radius 3 is 2.42 bits per heavy atom. The Bertz CT molecular complexity index is 520. The van der Waals surface area contributed by atoms with E-state index in [0.29, 0.717) is 12.3 Å². The largest absolute Gasteiger partial charge is 0.369 e. The van der Waals surface area contributed by atoms with E-state index in [-0.39, 0.29) is 11.7 Å². The molecule has 0 spiro atoms. The van der Waals surface area contributed by atoms with Crippen molar-refractivity contribution in [1.82, 2.24) is 10.2 Å². The van der Waals surface area contributed by atoms with Gasteiger partial charge in [-0.05, 0) is 43.0 Å². The lowest BCUT2D eigenvalue weighted by molar-refractivity contribution is -0.122. The first-order chi connectivity index (χ1) is 11.7. The molecule has 1 aromatic rings. The predicted octanol–water partition coefficient (Wildman–Crippen LogP) is 2.64. The summed E-state index contributed by atoms with van der Waals surface area (Å²) in [7, 11) is 0. The molecule has 4 nitrogen and oxygen atoms in total. The van der Waals surface area contributed by atoms with Crippen LogP contribution in [-0.2, 0) is 4.79 Å². The number of carbonyl (C=O) groups is 1. The van der Waals surface area contributed by atoms with Crippen molar-refractivity contribution < 1.29 is 9.18 Å². The van der Waals surface area contributed by atoms with Crippen molar-refractivity contribution in [2.45, 2.75) is 32.1 Å². The lowest BCUT2D eigenvalue weighted by Gasteiger charge is -2.36. The van der Waals surface area contributed by atoms with Crippen LogP contribution in [-0.4, -0.2) is 50.1 Å². The van der Waals surface area contributed by atoms with E-state index < -0.39 is 0 Å². The van der Waals surface area contributed by atoms with Crippen molar-refractivity contribution in [3.63, 3.8) is 0 Å². The first-order valence-corrected chi connectivity index (χ1v) is 9.20. The van der Waals surface area contributed by atoms with Crippen LogP contribution in [0.2, 0.25) is 0 Å². The van der Waals surface area contributed by atoms with E-state index in [4.69, 9.17) is 0 Å². The molecule has 1 saturated carbocycles. The van der Waals surface area contributed by atoms with Gasteiger partial charge in [-0.2, -0.15) is 0 Å². The first kappa shape index (κ1) is 17.2. The number of piperazine rings is 1. The van der Waals surface area contributed by atoms with Gasteiger partial charge in [0.15, 0.2) is 0 Å². The summed E-state index contributed by atoms with van der Waals surface area (Å²) < 4.78 is 13.0. The van der Waals surface area contributed by atoms with Crippen LogP contribution >= 0.6 is 0 Å². The molecular formula is C19H28FN3O. The SMILES string of the molecule is O=C(CC1CCCC1)NCCN1CCN(c2ccc(F)cc2)CC1. The summed E-state index contributed by atoms with van der Waals surface area (Å²) in [6.45, 7) is 5.50. The molecule has 2 fully saturated rings. The molecule has 2 aliphatic rings. The zero-order valence-electron chi connectivity index (χ0n) is 14.3. The maximum absolute atomic E-state index is 13.0. The summed E-state index contributed by atoms with van der Waals surface area (Å²) >= 11 is 0. The van der Waals surface area contributed by atoms with Gasteiger partial charge in [-0.25, -0.2) is 4.39 Å². The molecule has 1 amide bonds. The average molecular weight is 333 g/mol. The van der Waals surface area contributed by atoms with Gasteiger partial charge in [0.25, 0.3) is 0 Å². The van der Waals surface area contributed by atoms with Crippen molar-refractivity contribution >= 4 is 11.6 Å². The molecule has 5 heteroatoms. The zero-order chi connectivity index (χ0) is 16.8. The predicted molar refractivity (Wildman–Crippen MR) is 94.6 cm³/mol. The van der Waals surface area contributed by atoms with Crippen molar-refractivity contribution in [1.29, 1.82) is 0 Å². The minimum Gasteiger partial charge on any atom is -0.369 e. The van der Waals surface area contributed by atoms with Crippen molar-refractivity contribution in [3.05, 3.63) is 30.1 Å². The topological polar surface area (TPSA) is 35.6 Å². The number of halogens is 1. The molecule has 0 aromatic heterocycles. The standard InChI is InChI=1S/C19H28FN3O/c20-17-5-7-18(8-6-17)23-13-11-22(12-14-23)10-9-21-19(24)15-16-3-1-2-4-16/h5-8,16H,1-4,9-15H2,(H,21,24). The first-order valence-electron chi connectivity index (χ1n) is 9.20. The fraction of sp³-hybridized carbons (Fsp3) is 0.632. The molecule has 3 rings (SSSR count). The number of benzene rings is 1. The molecule has 0 atom stereocenters. The van der Waals surface area contributed by atoms with Crippen LogP contribution in [0.25, 0.3) is 0 Å². The van der Waals surface area contributed by atoms with Gasteiger partial charge in [0.05, 0.1) is 0 Å². The van der Waals surface area contributed by atoms with Gasteiger partial charge in [-0.15, -0.1) is 0 Å². The quantitative estimate of drug-likeness (QED) is 0.869. The van der Waals surface area contributed by atoms with E-state index >= 15 is 0 Å². The molecule has 1 aliphatic carbocycles. The van der Waals surface area contributed by atoms with E-state index in [1.807, 2.05) is 12.1 Å². The molecule has 1 N–H and O–H groups in total. The average Bonchev–Trinajstić information content (AvgIpc) is 3.09. The van der Waals surface area contributed by atoms with Gasteiger partial charge in [0.1, 0.15) is 5.82 Å². The lowest BCUT2D eigenvalue weighted by atomic mass is 10.0. The summed E-state index contributed by atoms with van der Waals surface area (Å²) in [4.78, 5) is 16.6. The highest BCUT2D eigenvalue weighted by molar-refractivity contribution is 5.76. The van der Waals surface area contributed by atoms with E-state index in [1.54, 1.807) is 0 Å². The zero-order valence-corrected chi connectivity index (χ0v) is 14.3. The van der Waals surface area contributed by atoms with E-state index in [0.717, 1.165) is 45.0 Å². The fourth-order valence-electron chi connectivity index (χ4n) is 3.78. The molecular weight excluding hydrogens is 305 g/mol. The van der Waals surface area contributed by atoms with Crippen LogP contribution in [0.15, 0.2) is 24.3 Å². The van der Waals surface area contributed by atoms with Gasteiger partial charge in [0, 0.05) is 51.4 Å². The highest BCUT2D eigenvalue weighted by Gasteiger charge is 2.19. The maximum atomic E-state index is 13.0. The summed E-state index contributed by atoms with van der Waals surface area (Å²) in [6.07, 6.45) is 5.72. The van der Waals surface area contributed by atoms with Gasteiger partial charge in [0.2, 0.25) is 5.91 Å². The van der Waals surface area contributed by atoms with Gasteiger partial charge < -0.3 is 10.2 Å². The summed E-state index contributed by atoms with van der Waals surface area (Å²) in [5.74, 6) is 0.641. The van der Waals surface area contributed by atoms with Crippen LogP contribution in [0.3, 0.4) is 0 Å².